The number of rotatable bonds is 3. The molecule has 2 N–H and O–H groups in total. The van der Waals surface area contributed by atoms with E-state index in [1.165, 1.54) is 0 Å². The van der Waals surface area contributed by atoms with Gasteiger partial charge in [0.15, 0.2) is 5.78 Å². The first-order valence-corrected chi connectivity index (χ1v) is 11.3. The molecule has 7 heteroatoms. The number of benzene rings is 2. The number of halogens is 1. The Morgan fingerprint density at radius 3 is 2.61 bits per heavy atom. The number of carbonyl (C=O) groups excluding carboxylic acids is 2. The lowest BCUT2D eigenvalue weighted by atomic mass is 9.73. The highest BCUT2D eigenvalue weighted by Crippen LogP contribution is 2.47. The second kappa shape index (κ2) is 7.89. The molecule has 2 heterocycles. The van der Waals surface area contributed by atoms with Crippen molar-refractivity contribution in [2.75, 3.05) is 10.6 Å². The number of aromatic nitrogens is 2. The molecule has 0 bridgehead atoms. The number of allylic oxidation sites excluding steroid dienone is 2. The van der Waals surface area contributed by atoms with E-state index in [1.807, 2.05) is 55.5 Å². The van der Waals surface area contributed by atoms with Gasteiger partial charge in [0, 0.05) is 28.4 Å². The average molecular weight is 461 g/mol. The number of hydrogen-bond acceptors (Lipinski definition) is 4. The first-order valence-electron chi connectivity index (χ1n) is 11.0. The van der Waals surface area contributed by atoms with Crippen molar-refractivity contribution >= 4 is 34.8 Å². The summed E-state index contributed by atoms with van der Waals surface area (Å²) < 4.78 is 1.71. The fourth-order valence-electron chi connectivity index (χ4n) is 4.70. The standard InChI is InChI=1S/C26H25ClN4O2/c1-15-8-10-16(11-9-15)29-25(33)18-14-28-31-23(17-6-4-5-7-19(17)27)22-20(30-24(18)31)12-26(2,3)13-21(22)32/h4-11,14,23,30H,12-13H2,1-3H3,(H,29,33)/t23-/m0/s1. The van der Waals surface area contributed by atoms with Crippen molar-refractivity contribution in [3.8, 4) is 0 Å². The molecule has 1 aliphatic carbocycles. The molecule has 33 heavy (non-hydrogen) atoms. The number of ketones is 1. The van der Waals surface area contributed by atoms with Crippen molar-refractivity contribution in [1.29, 1.82) is 0 Å². The van der Waals surface area contributed by atoms with E-state index in [4.69, 9.17) is 11.6 Å². The topological polar surface area (TPSA) is 76.0 Å². The molecule has 6 nitrogen and oxygen atoms in total. The molecule has 0 saturated heterocycles. The van der Waals surface area contributed by atoms with E-state index in [2.05, 4.69) is 29.6 Å². The van der Waals surface area contributed by atoms with Gasteiger partial charge in [-0.3, -0.25) is 9.59 Å². The lowest BCUT2D eigenvalue weighted by Gasteiger charge is -2.39. The Kier molecular flexibility index (Phi) is 5.13. The lowest BCUT2D eigenvalue weighted by Crippen LogP contribution is -2.37. The van der Waals surface area contributed by atoms with Gasteiger partial charge in [0.2, 0.25) is 0 Å². The number of fused-ring (bicyclic) bond motifs is 1. The molecule has 0 fully saturated rings. The van der Waals surface area contributed by atoms with Crippen LogP contribution in [0.2, 0.25) is 5.02 Å². The smallest absolute Gasteiger partial charge is 0.261 e. The third kappa shape index (κ3) is 3.85. The van der Waals surface area contributed by atoms with Crippen LogP contribution in [-0.4, -0.2) is 21.5 Å². The van der Waals surface area contributed by atoms with E-state index in [0.717, 1.165) is 16.8 Å². The van der Waals surface area contributed by atoms with E-state index < -0.39 is 6.04 Å². The molecular formula is C26H25ClN4O2. The van der Waals surface area contributed by atoms with Gasteiger partial charge in [-0.1, -0.05) is 61.3 Å². The van der Waals surface area contributed by atoms with Crippen molar-refractivity contribution in [1.82, 2.24) is 9.78 Å². The second-order valence-corrected chi connectivity index (χ2v) is 9.96. The summed E-state index contributed by atoms with van der Waals surface area (Å²) >= 11 is 6.57. The Morgan fingerprint density at radius 1 is 1.15 bits per heavy atom. The summed E-state index contributed by atoms with van der Waals surface area (Å²) in [6.07, 6.45) is 2.69. The first kappa shape index (κ1) is 21.5. The van der Waals surface area contributed by atoms with E-state index in [-0.39, 0.29) is 17.1 Å². The largest absolute Gasteiger partial charge is 0.343 e. The van der Waals surface area contributed by atoms with Crippen molar-refractivity contribution < 1.29 is 9.59 Å². The summed E-state index contributed by atoms with van der Waals surface area (Å²) in [6, 6.07) is 14.6. The van der Waals surface area contributed by atoms with Crippen LogP contribution < -0.4 is 10.6 Å². The van der Waals surface area contributed by atoms with Crippen LogP contribution in [0.4, 0.5) is 11.5 Å². The number of nitrogens with one attached hydrogen (secondary N) is 2. The Bertz CT molecular complexity index is 1300. The van der Waals surface area contributed by atoms with E-state index in [0.29, 0.717) is 40.5 Å². The van der Waals surface area contributed by atoms with Crippen LogP contribution in [-0.2, 0) is 4.79 Å². The second-order valence-electron chi connectivity index (χ2n) is 9.55. The summed E-state index contributed by atoms with van der Waals surface area (Å²) in [5.41, 5.74) is 4.34. The maximum absolute atomic E-state index is 13.3. The minimum absolute atomic E-state index is 0.0745. The maximum atomic E-state index is 13.3. The summed E-state index contributed by atoms with van der Waals surface area (Å²) in [6.45, 7) is 6.16. The van der Waals surface area contributed by atoms with Crippen molar-refractivity contribution in [2.45, 2.75) is 39.7 Å². The van der Waals surface area contributed by atoms with Gasteiger partial charge in [0.05, 0.1) is 6.20 Å². The third-order valence-electron chi connectivity index (χ3n) is 6.26. The Hall–Kier alpha value is -3.38. The van der Waals surface area contributed by atoms with Gasteiger partial charge < -0.3 is 10.6 Å². The molecule has 1 atom stereocenters. The first-order chi connectivity index (χ1) is 15.7. The van der Waals surface area contributed by atoms with Crippen LogP contribution in [0.25, 0.3) is 0 Å². The number of amides is 1. The van der Waals surface area contributed by atoms with Gasteiger partial charge in [-0.25, -0.2) is 4.68 Å². The zero-order valence-corrected chi connectivity index (χ0v) is 19.5. The predicted molar refractivity (Wildman–Crippen MR) is 130 cm³/mol. The minimum atomic E-state index is -0.491. The molecule has 0 radical (unpaired) electrons. The van der Waals surface area contributed by atoms with Gasteiger partial charge in [0.25, 0.3) is 5.91 Å². The fourth-order valence-corrected chi connectivity index (χ4v) is 4.94. The van der Waals surface area contributed by atoms with Crippen LogP contribution in [0, 0.1) is 12.3 Å². The molecule has 1 amide bonds. The zero-order valence-electron chi connectivity index (χ0n) is 18.8. The van der Waals surface area contributed by atoms with Crippen molar-refractivity contribution in [3.63, 3.8) is 0 Å². The van der Waals surface area contributed by atoms with Gasteiger partial charge >= 0.3 is 0 Å². The fraction of sp³-hybridized carbons (Fsp3) is 0.269. The highest BCUT2D eigenvalue weighted by molar-refractivity contribution is 6.31. The summed E-state index contributed by atoms with van der Waals surface area (Å²) in [5.74, 6) is 0.371. The van der Waals surface area contributed by atoms with Gasteiger partial charge in [-0.15, -0.1) is 0 Å². The van der Waals surface area contributed by atoms with E-state index >= 15 is 0 Å². The van der Waals surface area contributed by atoms with Gasteiger partial charge in [0.1, 0.15) is 17.4 Å². The molecule has 2 aromatic carbocycles. The Balaban J connectivity index is 1.60. The zero-order chi connectivity index (χ0) is 23.3. The normalized spacial score (nSPS) is 18.9. The molecule has 1 aromatic heterocycles. The number of nitrogens with zero attached hydrogens (tertiary/aromatic N) is 2. The van der Waals surface area contributed by atoms with Crippen LogP contribution in [0.3, 0.4) is 0 Å². The highest BCUT2D eigenvalue weighted by atomic mass is 35.5. The monoisotopic (exact) mass is 460 g/mol. The molecule has 2 aliphatic rings. The van der Waals surface area contributed by atoms with E-state index in [1.54, 1.807) is 10.9 Å². The molecule has 168 valence electrons. The van der Waals surface area contributed by atoms with Crippen LogP contribution in [0.5, 0.6) is 0 Å². The summed E-state index contributed by atoms with van der Waals surface area (Å²) in [4.78, 5) is 26.5. The molecule has 3 aromatic rings. The van der Waals surface area contributed by atoms with Crippen LogP contribution in [0.15, 0.2) is 66.0 Å². The summed E-state index contributed by atoms with van der Waals surface area (Å²) in [7, 11) is 0. The number of Topliss-reactive ketones (excluding diaryl/α,β-unsaturated/α-hetero) is 1. The van der Waals surface area contributed by atoms with Gasteiger partial charge in [-0.2, -0.15) is 5.10 Å². The third-order valence-corrected chi connectivity index (χ3v) is 6.60. The van der Waals surface area contributed by atoms with Gasteiger partial charge in [-0.05, 0) is 42.5 Å². The molecule has 5 rings (SSSR count). The SMILES string of the molecule is Cc1ccc(NC(=O)c2cnn3c2NC2=C(C(=O)CC(C)(C)C2)[C@@H]3c2ccccc2Cl)cc1. The molecule has 1 aliphatic heterocycles. The number of aryl methyl sites for hydroxylation is 1. The molecule has 0 spiro atoms. The highest BCUT2D eigenvalue weighted by Gasteiger charge is 2.42. The van der Waals surface area contributed by atoms with E-state index in [9.17, 15) is 9.59 Å². The Morgan fingerprint density at radius 2 is 1.88 bits per heavy atom. The van der Waals surface area contributed by atoms with Crippen LogP contribution in [0.1, 0.15) is 54.2 Å². The molecule has 0 saturated carbocycles. The van der Waals surface area contributed by atoms with Crippen molar-refractivity contribution in [2.24, 2.45) is 5.41 Å². The predicted octanol–water partition coefficient (Wildman–Crippen LogP) is 5.76. The van der Waals surface area contributed by atoms with Crippen molar-refractivity contribution in [3.05, 3.63) is 87.7 Å². The molecule has 0 unspecified atom stereocenters. The van der Waals surface area contributed by atoms with Crippen LogP contribution >= 0.6 is 11.6 Å². The minimum Gasteiger partial charge on any atom is -0.343 e. The number of hydrogen-bond donors (Lipinski definition) is 2. The quantitative estimate of drug-likeness (QED) is 0.521. The number of carbonyl (C=O) groups is 2. The lowest BCUT2D eigenvalue weighted by molar-refractivity contribution is -0.118. The Labute approximate surface area is 197 Å². The average Bonchev–Trinajstić information content (AvgIpc) is 3.17. The molecular weight excluding hydrogens is 436 g/mol. The summed E-state index contributed by atoms with van der Waals surface area (Å²) in [5, 5.41) is 11.4. The number of anilines is 2. The maximum Gasteiger partial charge on any atom is 0.261 e.